The van der Waals surface area contributed by atoms with E-state index in [0.29, 0.717) is 52.5 Å². The van der Waals surface area contributed by atoms with Gasteiger partial charge in [-0.15, -0.1) is 0 Å². The fraction of sp³-hybridized carbons (Fsp3) is 0.619. The van der Waals surface area contributed by atoms with Gasteiger partial charge < -0.3 is 14.5 Å². The van der Waals surface area contributed by atoms with Gasteiger partial charge in [-0.05, 0) is 24.6 Å². The van der Waals surface area contributed by atoms with E-state index in [-0.39, 0.29) is 17.6 Å². The van der Waals surface area contributed by atoms with Crippen molar-refractivity contribution >= 4 is 11.8 Å². The lowest BCUT2D eigenvalue weighted by atomic mass is 10.2. The summed E-state index contributed by atoms with van der Waals surface area (Å²) >= 11 is 0. The van der Waals surface area contributed by atoms with Crippen LogP contribution >= 0.6 is 0 Å². The van der Waals surface area contributed by atoms with Gasteiger partial charge in [0, 0.05) is 52.4 Å². The fourth-order valence-electron chi connectivity index (χ4n) is 3.73. The van der Waals surface area contributed by atoms with Crippen LogP contribution < -0.4 is 0 Å². The van der Waals surface area contributed by atoms with Crippen LogP contribution in [0.4, 0.5) is 4.39 Å². The van der Waals surface area contributed by atoms with Gasteiger partial charge in [0.1, 0.15) is 5.82 Å². The van der Waals surface area contributed by atoms with E-state index in [1.54, 1.807) is 11.0 Å². The van der Waals surface area contributed by atoms with Crippen LogP contribution in [0, 0.1) is 5.82 Å². The summed E-state index contributed by atoms with van der Waals surface area (Å²) < 4.78 is 18.7. The van der Waals surface area contributed by atoms with E-state index in [1.807, 2.05) is 17.9 Å². The van der Waals surface area contributed by atoms with E-state index < -0.39 is 0 Å². The van der Waals surface area contributed by atoms with Crippen molar-refractivity contribution in [3.05, 3.63) is 35.6 Å². The number of rotatable bonds is 7. The molecule has 160 valence electrons. The average Bonchev–Trinajstić information content (AvgIpc) is 2.74. The van der Waals surface area contributed by atoms with Gasteiger partial charge in [-0.1, -0.05) is 12.1 Å². The zero-order chi connectivity index (χ0) is 20.6. The number of ether oxygens (including phenoxy) is 1. The Morgan fingerprint density at radius 3 is 2.31 bits per heavy atom. The molecule has 8 heteroatoms. The molecular weight excluding hydrogens is 375 g/mol. The largest absolute Gasteiger partial charge is 0.378 e. The molecule has 7 nitrogen and oxygen atoms in total. The van der Waals surface area contributed by atoms with Crippen molar-refractivity contribution in [2.75, 3.05) is 72.1 Å². The summed E-state index contributed by atoms with van der Waals surface area (Å²) in [7, 11) is 0. The maximum Gasteiger partial charge on any atom is 0.237 e. The molecule has 0 atom stereocenters. The number of carbonyl (C=O) groups is 2. The highest BCUT2D eigenvalue weighted by atomic mass is 19.1. The van der Waals surface area contributed by atoms with Crippen molar-refractivity contribution in [1.29, 1.82) is 0 Å². The second-order valence-corrected chi connectivity index (χ2v) is 7.58. The van der Waals surface area contributed by atoms with E-state index in [2.05, 4.69) is 9.80 Å². The summed E-state index contributed by atoms with van der Waals surface area (Å²) in [6.45, 7) is 9.39. The highest BCUT2D eigenvalue weighted by Gasteiger charge is 2.24. The standard InChI is InChI=1S/C21H31FN4O3/c1-2-25(15-18-4-3-5-19(22)14-18)20(27)16-23-6-8-24(9-7-23)17-21(28)26-10-12-29-13-11-26/h3-5,14H,2,6-13,15-17H2,1H3. The zero-order valence-corrected chi connectivity index (χ0v) is 17.2. The highest BCUT2D eigenvalue weighted by molar-refractivity contribution is 5.79. The Bertz CT molecular complexity index is 688. The second-order valence-electron chi connectivity index (χ2n) is 7.58. The summed E-state index contributed by atoms with van der Waals surface area (Å²) in [5.41, 5.74) is 0.798. The molecule has 29 heavy (non-hydrogen) atoms. The lowest BCUT2D eigenvalue weighted by molar-refractivity contribution is -0.138. The first kappa shape index (κ1) is 21.7. The Morgan fingerprint density at radius 2 is 1.69 bits per heavy atom. The van der Waals surface area contributed by atoms with Gasteiger partial charge in [-0.3, -0.25) is 19.4 Å². The van der Waals surface area contributed by atoms with Crippen LogP contribution in [0.3, 0.4) is 0 Å². The minimum atomic E-state index is -0.284. The quantitative estimate of drug-likeness (QED) is 0.666. The van der Waals surface area contributed by atoms with Gasteiger partial charge in [-0.2, -0.15) is 0 Å². The molecule has 1 aromatic carbocycles. The van der Waals surface area contributed by atoms with Gasteiger partial charge in [0.25, 0.3) is 0 Å². The number of hydrogen-bond acceptors (Lipinski definition) is 5. The molecule has 0 aromatic heterocycles. The van der Waals surface area contributed by atoms with E-state index >= 15 is 0 Å². The van der Waals surface area contributed by atoms with Gasteiger partial charge in [0.15, 0.2) is 0 Å². The van der Waals surface area contributed by atoms with Gasteiger partial charge in [-0.25, -0.2) is 4.39 Å². The molecule has 2 heterocycles. The first-order chi connectivity index (χ1) is 14.0. The summed E-state index contributed by atoms with van der Waals surface area (Å²) in [5, 5.41) is 0. The van der Waals surface area contributed by atoms with Crippen molar-refractivity contribution in [3.63, 3.8) is 0 Å². The summed E-state index contributed by atoms with van der Waals surface area (Å²) in [6.07, 6.45) is 0. The average molecular weight is 407 g/mol. The van der Waals surface area contributed by atoms with E-state index in [0.717, 1.165) is 31.7 Å². The lowest BCUT2D eigenvalue weighted by Gasteiger charge is -2.36. The highest BCUT2D eigenvalue weighted by Crippen LogP contribution is 2.09. The minimum absolute atomic E-state index is 0.0506. The van der Waals surface area contributed by atoms with Crippen molar-refractivity contribution in [1.82, 2.24) is 19.6 Å². The van der Waals surface area contributed by atoms with Crippen molar-refractivity contribution in [2.45, 2.75) is 13.5 Å². The first-order valence-electron chi connectivity index (χ1n) is 10.4. The maximum atomic E-state index is 13.4. The van der Waals surface area contributed by atoms with Crippen LogP contribution in [0.2, 0.25) is 0 Å². The molecule has 0 aliphatic carbocycles. The summed E-state index contributed by atoms with van der Waals surface area (Å²) in [6, 6.07) is 6.38. The van der Waals surface area contributed by atoms with Gasteiger partial charge in [0.05, 0.1) is 26.3 Å². The molecule has 0 N–H and O–H groups in total. The Balaban J connectivity index is 1.41. The topological polar surface area (TPSA) is 56.3 Å². The van der Waals surface area contributed by atoms with Crippen LogP contribution in [0.5, 0.6) is 0 Å². The zero-order valence-electron chi connectivity index (χ0n) is 17.2. The van der Waals surface area contributed by atoms with Crippen LogP contribution in [0.15, 0.2) is 24.3 Å². The first-order valence-corrected chi connectivity index (χ1v) is 10.4. The van der Waals surface area contributed by atoms with Crippen molar-refractivity contribution < 1.29 is 18.7 Å². The number of amides is 2. The molecule has 0 bridgehead atoms. The third-order valence-corrected chi connectivity index (χ3v) is 5.54. The molecule has 1 aromatic rings. The normalized spacial score (nSPS) is 18.6. The Kier molecular flexibility index (Phi) is 7.97. The van der Waals surface area contributed by atoms with Crippen LogP contribution in [0.25, 0.3) is 0 Å². The molecule has 2 amide bonds. The molecule has 2 saturated heterocycles. The van der Waals surface area contributed by atoms with Crippen molar-refractivity contribution in [2.24, 2.45) is 0 Å². The number of morpholine rings is 1. The number of likely N-dealkylation sites (N-methyl/N-ethyl adjacent to an activating group) is 1. The minimum Gasteiger partial charge on any atom is -0.378 e. The Morgan fingerprint density at radius 1 is 1.03 bits per heavy atom. The number of piperazine rings is 1. The summed E-state index contributed by atoms with van der Waals surface area (Å²) in [4.78, 5) is 33.0. The predicted octanol–water partition coefficient (Wildman–Crippen LogP) is 0.651. The van der Waals surface area contributed by atoms with E-state index in [9.17, 15) is 14.0 Å². The number of hydrogen-bond donors (Lipinski definition) is 0. The number of carbonyl (C=O) groups excluding carboxylic acids is 2. The Labute approximate surface area is 172 Å². The van der Waals surface area contributed by atoms with E-state index in [4.69, 9.17) is 4.74 Å². The summed E-state index contributed by atoms with van der Waals surface area (Å²) in [5.74, 6) is -0.0755. The predicted molar refractivity (Wildman–Crippen MR) is 108 cm³/mol. The smallest absolute Gasteiger partial charge is 0.237 e. The third kappa shape index (κ3) is 6.48. The molecular formula is C21H31FN4O3. The molecule has 2 aliphatic heterocycles. The second kappa shape index (κ2) is 10.7. The SMILES string of the molecule is CCN(Cc1cccc(F)c1)C(=O)CN1CCN(CC(=O)N2CCOCC2)CC1. The van der Waals surface area contributed by atoms with Crippen LogP contribution in [-0.2, 0) is 20.9 Å². The maximum absolute atomic E-state index is 13.4. The number of nitrogens with zero attached hydrogens (tertiary/aromatic N) is 4. The Hall–Kier alpha value is -2.03. The molecule has 0 unspecified atom stereocenters. The molecule has 2 fully saturated rings. The third-order valence-electron chi connectivity index (χ3n) is 5.54. The van der Waals surface area contributed by atoms with Crippen LogP contribution in [0.1, 0.15) is 12.5 Å². The molecule has 0 spiro atoms. The van der Waals surface area contributed by atoms with E-state index in [1.165, 1.54) is 12.1 Å². The van der Waals surface area contributed by atoms with Crippen LogP contribution in [-0.4, -0.2) is 104 Å². The molecule has 0 saturated carbocycles. The monoisotopic (exact) mass is 406 g/mol. The lowest BCUT2D eigenvalue weighted by Crippen LogP contribution is -2.53. The fourth-order valence-corrected chi connectivity index (χ4v) is 3.73. The number of benzene rings is 1. The van der Waals surface area contributed by atoms with Gasteiger partial charge >= 0.3 is 0 Å². The molecule has 2 aliphatic rings. The van der Waals surface area contributed by atoms with Gasteiger partial charge in [0.2, 0.25) is 11.8 Å². The van der Waals surface area contributed by atoms with Crippen molar-refractivity contribution in [3.8, 4) is 0 Å². The molecule has 0 radical (unpaired) electrons. The molecule has 3 rings (SSSR count). The number of halogens is 1.